The molecule has 1 aliphatic carbocycles. The van der Waals surface area contributed by atoms with Gasteiger partial charge < -0.3 is 4.90 Å². The largest absolute Gasteiger partial charge is 0.331 e. The fourth-order valence-electron chi connectivity index (χ4n) is 4.69. The summed E-state index contributed by atoms with van der Waals surface area (Å²) in [7, 11) is 1.34. The van der Waals surface area contributed by atoms with E-state index >= 15 is 4.39 Å². The predicted molar refractivity (Wildman–Crippen MR) is 130 cm³/mol. The number of aryl methyl sites for hydroxylation is 2. The Bertz CT molecular complexity index is 1210. The minimum absolute atomic E-state index is 0.0509. The number of hydrogen-bond acceptors (Lipinski definition) is 2. The van der Waals surface area contributed by atoms with E-state index in [1.165, 1.54) is 7.05 Å². The smallest absolute Gasteiger partial charge is 0.261 e. The Morgan fingerprint density at radius 1 is 1.14 bits per heavy atom. The monoisotopic (exact) mass is 483 g/mol. The maximum absolute atomic E-state index is 15.3. The van der Waals surface area contributed by atoms with E-state index in [0.29, 0.717) is 5.56 Å². The average molecular weight is 484 g/mol. The Hall–Kier alpha value is -3.09. The number of rotatable bonds is 7. The standard InChI is InChI=1S/C28H32F3N3O/c1-17-11-14-21(28(2,3)4)19(15-17)16-34(20-12-13-20)27(35)23-24(32-33(5)26(23)31)22(25(29)30)18-9-7-6-8-10-18/h6-11,14-15,20,22,25H,12-13,16H2,1-5H3. The van der Waals surface area contributed by atoms with E-state index in [-0.39, 0.29) is 29.3 Å². The van der Waals surface area contributed by atoms with Crippen LogP contribution in [0.25, 0.3) is 0 Å². The van der Waals surface area contributed by atoms with Crippen LogP contribution in [-0.4, -0.2) is 33.1 Å². The number of carbonyl (C=O) groups excluding carboxylic acids is 1. The van der Waals surface area contributed by atoms with Gasteiger partial charge in [-0.3, -0.25) is 4.79 Å². The summed E-state index contributed by atoms with van der Waals surface area (Å²) in [6.07, 6.45) is -1.25. The molecule has 1 aromatic heterocycles. The summed E-state index contributed by atoms with van der Waals surface area (Å²) in [6.45, 7) is 8.60. The van der Waals surface area contributed by atoms with Crippen LogP contribution in [0.3, 0.4) is 0 Å². The van der Waals surface area contributed by atoms with Crippen LogP contribution < -0.4 is 0 Å². The van der Waals surface area contributed by atoms with Crippen molar-refractivity contribution in [1.29, 1.82) is 0 Å². The first kappa shape index (κ1) is 25.0. The summed E-state index contributed by atoms with van der Waals surface area (Å²) in [4.78, 5) is 15.5. The number of alkyl halides is 2. The summed E-state index contributed by atoms with van der Waals surface area (Å²) < 4.78 is 44.8. The van der Waals surface area contributed by atoms with Gasteiger partial charge in [0.25, 0.3) is 12.3 Å². The van der Waals surface area contributed by atoms with E-state index in [1.807, 2.05) is 13.0 Å². The highest BCUT2D eigenvalue weighted by atomic mass is 19.3. The van der Waals surface area contributed by atoms with E-state index in [1.54, 1.807) is 35.2 Å². The molecule has 35 heavy (non-hydrogen) atoms. The lowest BCUT2D eigenvalue weighted by atomic mass is 9.83. The zero-order valence-corrected chi connectivity index (χ0v) is 20.9. The van der Waals surface area contributed by atoms with Crippen molar-refractivity contribution >= 4 is 5.91 Å². The molecule has 1 aliphatic rings. The van der Waals surface area contributed by atoms with Crippen LogP contribution in [0.15, 0.2) is 48.5 Å². The highest BCUT2D eigenvalue weighted by Gasteiger charge is 2.40. The number of carbonyl (C=O) groups is 1. The van der Waals surface area contributed by atoms with Gasteiger partial charge in [0.15, 0.2) is 0 Å². The lowest BCUT2D eigenvalue weighted by Crippen LogP contribution is -2.35. The van der Waals surface area contributed by atoms with Gasteiger partial charge in [0.2, 0.25) is 5.95 Å². The summed E-state index contributed by atoms with van der Waals surface area (Å²) >= 11 is 0. The van der Waals surface area contributed by atoms with Crippen LogP contribution >= 0.6 is 0 Å². The molecule has 0 bridgehead atoms. The van der Waals surface area contributed by atoms with Crippen molar-refractivity contribution in [3.63, 3.8) is 0 Å². The molecule has 1 fully saturated rings. The predicted octanol–water partition coefficient (Wildman–Crippen LogP) is 6.37. The van der Waals surface area contributed by atoms with Crippen LogP contribution in [0.1, 0.15) is 77.8 Å². The minimum atomic E-state index is -2.85. The third-order valence-electron chi connectivity index (χ3n) is 6.58. The second-order valence-electron chi connectivity index (χ2n) is 10.5. The van der Waals surface area contributed by atoms with Gasteiger partial charge in [-0.2, -0.15) is 9.49 Å². The molecule has 0 N–H and O–H groups in total. The first-order chi connectivity index (χ1) is 16.5. The van der Waals surface area contributed by atoms with Crippen LogP contribution in [-0.2, 0) is 19.0 Å². The molecule has 1 amide bonds. The van der Waals surface area contributed by atoms with Crippen LogP contribution in [0, 0.1) is 12.9 Å². The van der Waals surface area contributed by atoms with Crippen molar-refractivity contribution < 1.29 is 18.0 Å². The molecule has 0 saturated heterocycles. The molecule has 1 unspecified atom stereocenters. The van der Waals surface area contributed by atoms with Crippen molar-refractivity contribution in [3.8, 4) is 0 Å². The van der Waals surface area contributed by atoms with Crippen LogP contribution in [0.4, 0.5) is 13.2 Å². The summed E-state index contributed by atoms with van der Waals surface area (Å²) in [6, 6.07) is 14.2. The van der Waals surface area contributed by atoms with Crippen molar-refractivity contribution in [2.45, 2.75) is 70.9 Å². The Morgan fingerprint density at radius 3 is 2.37 bits per heavy atom. The van der Waals surface area contributed by atoms with E-state index in [2.05, 4.69) is 38.0 Å². The zero-order chi connectivity index (χ0) is 25.5. The van der Waals surface area contributed by atoms with Crippen LogP contribution in [0.2, 0.25) is 0 Å². The number of hydrogen-bond donors (Lipinski definition) is 0. The fraction of sp³-hybridized carbons (Fsp3) is 0.429. The quantitative estimate of drug-likeness (QED) is 0.392. The van der Waals surface area contributed by atoms with E-state index in [9.17, 15) is 13.6 Å². The molecular weight excluding hydrogens is 451 g/mol. The van der Waals surface area contributed by atoms with Gasteiger partial charge in [0.05, 0.1) is 11.6 Å². The molecule has 4 rings (SSSR count). The Kier molecular flexibility index (Phi) is 6.80. The molecule has 0 aliphatic heterocycles. The van der Waals surface area contributed by atoms with Crippen molar-refractivity contribution in [2.75, 3.05) is 0 Å². The third kappa shape index (κ3) is 5.14. The Morgan fingerprint density at radius 2 is 1.80 bits per heavy atom. The highest BCUT2D eigenvalue weighted by Crippen LogP contribution is 2.37. The molecular formula is C28H32F3N3O. The van der Waals surface area contributed by atoms with Gasteiger partial charge in [0, 0.05) is 19.6 Å². The normalized spacial score (nSPS) is 14.9. The first-order valence-electron chi connectivity index (χ1n) is 12.0. The van der Waals surface area contributed by atoms with Crippen LogP contribution in [0.5, 0.6) is 0 Å². The van der Waals surface area contributed by atoms with Gasteiger partial charge in [-0.05, 0) is 41.9 Å². The lowest BCUT2D eigenvalue weighted by Gasteiger charge is -2.28. The van der Waals surface area contributed by atoms with Crippen molar-refractivity contribution in [1.82, 2.24) is 14.7 Å². The third-order valence-corrected chi connectivity index (χ3v) is 6.58. The van der Waals surface area contributed by atoms with Gasteiger partial charge in [-0.1, -0.05) is 74.9 Å². The van der Waals surface area contributed by atoms with E-state index < -0.39 is 24.2 Å². The molecule has 186 valence electrons. The molecule has 1 atom stereocenters. The van der Waals surface area contributed by atoms with Gasteiger partial charge in [-0.15, -0.1) is 0 Å². The number of aromatic nitrogens is 2. The second kappa shape index (κ2) is 9.51. The Balaban J connectivity index is 1.78. The summed E-state index contributed by atoms with van der Waals surface area (Å²) in [5, 5.41) is 4.08. The lowest BCUT2D eigenvalue weighted by molar-refractivity contribution is 0.0719. The molecule has 4 nitrogen and oxygen atoms in total. The molecule has 1 saturated carbocycles. The summed E-state index contributed by atoms with van der Waals surface area (Å²) in [5.74, 6) is -2.98. The molecule has 1 heterocycles. The second-order valence-corrected chi connectivity index (χ2v) is 10.5. The highest BCUT2D eigenvalue weighted by molar-refractivity contribution is 5.96. The maximum Gasteiger partial charge on any atom is 0.261 e. The summed E-state index contributed by atoms with van der Waals surface area (Å²) in [5.41, 5.74) is 2.70. The number of halogens is 3. The SMILES string of the molecule is Cc1ccc(C(C)(C)C)c(CN(C(=O)c2c(C(c3ccccc3)C(F)F)nn(C)c2F)C2CC2)c1. The number of benzene rings is 2. The van der Waals surface area contributed by atoms with E-state index in [4.69, 9.17) is 0 Å². The number of amides is 1. The molecule has 2 aromatic carbocycles. The van der Waals surface area contributed by atoms with Crippen molar-refractivity contribution in [3.05, 3.63) is 88.0 Å². The molecule has 0 radical (unpaired) electrons. The van der Waals surface area contributed by atoms with Crippen molar-refractivity contribution in [2.24, 2.45) is 7.05 Å². The van der Waals surface area contributed by atoms with E-state index in [0.717, 1.165) is 34.2 Å². The van der Waals surface area contributed by atoms with Gasteiger partial charge in [0.1, 0.15) is 5.56 Å². The number of nitrogens with zero attached hydrogens (tertiary/aromatic N) is 3. The zero-order valence-electron chi connectivity index (χ0n) is 20.9. The first-order valence-corrected chi connectivity index (χ1v) is 12.0. The molecule has 0 spiro atoms. The molecule has 3 aromatic rings. The Labute approximate surface area is 204 Å². The fourth-order valence-corrected chi connectivity index (χ4v) is 4.69. The maximum atomic E-state index is 15.3. The van der Waals surface area contributed by atoms with Gasteiger partial charge >= 0.3 is 0 Å². The molecule has 7 heteroatoms. The topological polar surface area (TPSA) is 38.1 Å². The average Bonchev–Trinajstić information content (AvgIpc) is 3.58. The minimum Gasteiger partial charge on any atom is -0.331 e. The van der Waals surface area contributed by atoms with Gasteiger partial charge in [-0.25, -0.2) is 13.5 Å².